The van der Waals surface area contributed by atoms with E-state index in [2.05, 4.69) is 59.2 Å². The largest absolute Gasteiger partial charge is 0.382 e. The average Bonchev–Trinajstić information content (AvgIpc) is 2.61. The van der Waals surface area contributed by atoms with Crippen molar-refractivity contribution in [2.75, 3.05) is 38.2 Å². The van der Waals surface area contributed by atoms with Crippen molar-refractivity contribution in [3.63, 3.8) is 0 Å². The molecule has 0 amide bonds. The van der Waals surface area contributed by atoms with Crippen LogP contribution in [-0.2, 0) is 4.74 Å². The van der Waals surface area contributed by atoms with Gasteiger partial charge in [-0.2, -0.15) is 0 Å². The highest BCUT2D eigenvalue weighted by Gasteiger charge is 2.26. The summed E-state index contributed by atoms with van der Waals surface area (Å²) in [7, 11) is 0. The van der Waals surface area contributed by atoms with E-state index >= 15 is 0 Å². The van der Waals surface area contributed by atoms with E-state index in [1.807, 2.05) is 0 Å². The first-order valence-electron chi connectivity index (χ1n) is 9.45. The van der Waals surface area contributed by atoms with Crippen LogP contribution in [-0.4, -0.2) is 53.8 Å². The molecule has 3 rings (SSSR count). The summed E-state index contributed by atoms with van der Waals surface area (Å²) in [6.07, 6.45) is 3.93. The van der Waals surface area contributed by atoms with Crippen LogP contribution >= 0.6 is 0 Å². The Balaban J connectivity index is 1.60. The lowest BCUT2D eigenvalue weighted by Crippen LogP contribution is -2.45. The maximum Gasteiger partial charge on any atom is 0.137 e. The molecular weight excluding hydrogens is 312 g/mol. The Morgan fingerprint density at radius 1 is 1.32 bits per heavy atom. The SMILES string of the molecule is CCOCCCN1CCC(Nc2ncnc3ccc(C)cc23)C(C)C1. The molecule has 1 aliphatic rings. The van der Waals surface area contributed by atoms with Gasteiger partial charge in [-0.1, -0.05) is 18.6 Å². The van der Waals surface area contributed by atoms with Gasteiger partial charge in [-0.15, -0.1) is 0 Å². The Bertz CT molecular complexity index is 690. The molecule has 1 aliphatic heterocycles. The number of piperidine rings is 1. The number of ether oxygens (including phenoxy) is 1. The molecule has 136 valence electrons. The van der Waals surface area contributed by atoms with Gasteiger partial charge in [0, 0.05) is 44.3 Å². The van der Waals surface area contributed by atoms with Crippen LogP contribution in [0.4, 0.5) is 5.82 Å². The highest BCUT2D eigenvalue weighted by Crippen LogP contribution is 2.25. The van der Waals surface area contributed by atoms with Gasteiger partial charge in [-0.25, -0.2) is 9.97 Å². The van der Waals surface area contributed by atoms with Gasteiger partial charge in [-0.3, -0.25) is 0 Å². The van der Waals surface area contributed by atoms with E-state index in [0.717, 1.165) is 62.4 Å². The zero-order valence-corrected chi connectivity index (χ0v) is 15.7. The minimum atomic E-state index is 0.460. The van der Waals surface area contributed by atoms with Gasteiger partial charge in [-0.05, 0) is 44.7 Å². The van der Waals surface area contributed by atoms with Crippen molar-refractivity contribution in [3.05, 3.63) is 30.1 Å². The number of benzene rings is 1. The third-order valence-corrected chi connectivity index (χ3v) is 5.07. The van der Waals surface area contributed by atoms with Gasteiger partial charge >= 0.3 is 0 Å². The molecule has 2 atom stereocenters. The minimum absolute atomic E-state index is 0.460. The highest BCUT2D eigenvalue weighted by atomic mass is 16.5. The van der Waals surface area contributed by atoms with Crippen molar-refractivity contribution >= 4 is 16.7 Å². The number of rotatable bonds is 7. The molecule has 0 saturated carbocycles. The first-order valence-corrected chi connectivity index (χ1v) is 9.45. The molecule has 1 saturated heterocycles. The van der Waals surface area contributed by atoms with Crippen LogP contribution in [0.15, 0.2) is 24.5 Å². The Labute approximate surface area is 150 Å². The Hall–Kier alpha value is -1.72. The second-order valence-corrected chi connectivity index (χ2v) is 7.11. The van der Waals surface area contributed by atoms with E-state index in [-0.39, 0.29) is 0 Å². The number of hydrogen-bond acceptors (Lipinski definition) is 5. The molecule has 1 aromatic carbocycles. The van der Waals surface area contributed by atoms with Crippen molar-refractivity contribution in [3.8, 4) is 0 Å². The van der Waals surface area contributed by atoms with Crippen LogP contribution in [0.1, 0.15) is 32.3 Å². The molecule has 2 aromatic rings. The summed E-state index contributed by atoms with van der Waals surface area (Å²) in [5.41, 5.74) is 2.24. The lowest BCUT2D eigenvalue weighted by Gasteiger charge is -2.37. The Morgan fingerprint density at radius 3 is 3.00 bits per heavy atom. The van der Waals surface area contributed by atoms with Gasteiger partial charge in [0.05, 0.1) is 5.52 Å². The predicted octanol–water partition coefficient (Wildman–Crippen LogP) is 3.49. The van der Waals surface area contributed by atoms with E-state index < -0.39 is 0 Å². The van der Waals surface area contributed by atoms with Crippen LogP contribution in [0.5, 0.6) is 0 Å². The van der Waals surface area contributed by atoms with Crippen LogP contribution in [0.3, 0.4) is 0 Å². The fraction of sp³-hybridized carbons (Fsp3) is 0.600. The fourth-order valence-electron chi connectivity index (χ4n) is 3.65. The topological polar surface area (TPSA) is 50.3 Å². The van der Waals surface area contributed by atoms with E-state index in [4.69, 9.17) is 4.74 Å². The smallest absolute Gasteiger partial charge is 0.137 e. The number of hydrogen-bond donors (Lipinski definition) is 1. The van der Waals surface area contributed by atoms with E-state index in [0.29, 0.717) is 12.0 Å². The van der Waals surface area contributed by atoms with E-state index in [1.165, 1.54) is 5.56 Å². The van der Waals surface area contributed by atoms with Gasteiger partial charge in [0.2, 0.25) is 0 Å². The van der Waals surface area contributed by atoms with Crippen LogP contribution in [0, 0.1) is 12.8 Å². The van der Waals surface area contributed by atoms with Gasteiger partial charge < -0.3 is 15.0 Å². The normalized spacial score (nSPS) is 21.6. The first-order chi connectivity index (χ1) is 12.2. The lowest BCUT2D eigenvalue weighted by atomic mass is 9.93. The summed E-state index contributed by atoms with van der Waals surface area (Å²) in [4.78, 5) is 11.5. The third-order valence-electron chi connectivity index (χ3n) is 5.07. The molecule has 0 aliphatic carbocycles. The summed E-state index contributed by atoms with van der Waals surface area (Å²) in [5, 5.41) is 4.81. The highest BCUT2D eigenvalue weighted by molar-refractivity contribution is 5.89. The van der Waals surface area contributed by atoms with Gasteiger partial charge in [0.1, 0.15) is 12.1 Å². The van der Waals surface area contributed by atoms with Crippen molar-refractivity contribution in [2.24, 2.45) is 5.92 Å². The number of aromatic nitrogens is 2. The second kappa shape index (κ2) is 8.59. The molecule has 5 nitrogen and oxygen atoms in total. The minimum Gasteiger partial charge on any atom is -0.382 e. The number of likely N-dealkylation sites (tertiary alicyclic amines) is 1. The second-order valence-electron chi connectivity index (χ2n) is 7.11. The zero-order chi connectivity index (χ0) is 17.6. The predicted molar refractivity (Wildman–Crippen MR) is 103 cm³/mol. The van der Waals surface area contributed by atoms with Crippen molar-refractivity contribution in [1.82, 2.24) is 14.9 Å². The number of aryl methyl sites for hydroxylation is 1. The number of fused-ring (bicyclic) bond motifs is 1. The molecule has 2 unspecified atom stereocenters. The molecule has 0 radical (unpaired) electrons. The van der Waals surface area contributed by atoms with Crippen LogP contribution in [0.2, 0.25) is 0 Å². The summed E-state index contributed by atoms with van der Waals surface area (Å²) < 4.78 is 5.45. The van der Waals surface area contributed by atoms with Gasteiger partial charge in [0.15, 0.2) is 0 Å². The number of nitrogens with zero attached hydrogens (tertiary/aromatic N) is 3. The lowest BCUT2D eigenvalue weighted by molar-refractivity contribution is 0.117. The number of anilines is 1. The van der Waals surface area contributed by atoms with Gasteiger partial charge in [0.25, 0.3) is 0 Å². The van der Waals surface area contributed by atoms with E-state index in [9.17, 15) is 0 Å². The van der Waals surface area contributed by atoms with Crippen molar-refractivity contribution in [1.29, 1.82) is 0 Å². The quantitative estimate of drug-likeness (QED) is 0.781. The molecule has 1 N–H and O–H groups in total. The Morgan fingerprint density at radius 2 is 2.20 bits per heavy atom. The molecular formula is C20H30N4O. The maximum atomic E-state index is 5.45. The molecule has 0 spiro atoms. The third kappa shape index (κ3) is 4.67. The molecule has 1 fully saturated rings. The first kappa shape index (κ1) is 18.1. The summed E-state index contributed by atoms with van der Waals surface area (Å²) in [6, 6.07) is 6.80. The van der Waals surface area contributed by atoms with Crippen molar-refractivity contribution < 1.29 is 4.74 Å². The number of nitrogens with one attached hydrogen (secondary N) is 1. The van der Waals surface area contributed by atoms with Crippen LogP contribution < -0.4 is 5.32 Å². The molecule has 2 heterocycles. The monoisotopic (exact) mass is 342 g/mol. The summed E-state index contributed by atoms with van der Waals surface area (Å²) in [5.74, 6) is 1.56. The fourth-order valence-corrected chi connectivity index (χ4v) is 3.65. The Kier molecular flexibility index (Phi) is 6.21. The van der Waals surface area contributed by atoms with Crippen LogP contribution in [0.25, 0.3) is 10.9 Å². The van der Waals surface area contributed by atoms with Crippen molar-refractivity contribution in [2.45, 2.75) is 39.7 Å². The summed E-state index contributed by atoms with van der Waals surface area (Å²) in [6.45, 7) is 11.6. The van der Waals surface area contributed by atoms with E-state index in [1.54, 1.807) is 6.33 Å². The molecule has 1 aromatic heterocycles. The maximum absolute atomic E-state index is 5.45. The molecule has 25 heavy (non-hydrogen) atoms. The average molecular weight is 342 g/mol. The summed E-state index contributed by atoms with van der Waals surface area (Å²) >= 11 is 0. The zero-order valence-electron chi connectivity index (χ0n) is 15.7. The molecule has 0 bridgehead atoms. The standard InChI is InChI=1S/C20H30N4O/c1-4-25-11-5-9-24-10-8-18(16(3)13-24)23-20-17-12-15(2)6-7-19(17)21-14-22-20/h6-7,12,14,16,18H,4-5,8-11,13H2,1-3H3,(H,21,22,23). The molecule has 5 heteroatoms.